The maximum atomic E-state index is 13.7. The molecule has 8 nitrogen and oxygen atoms in total. The fourth-order valence-corrected chi connectivity index (χ4v) is 5.98. The van der Waals surface area contributed by atoms with E-state index in [-0.39, 0.29) is 42.0 Å². The number of morpholine rings is 1. The van der Waals surface area contributed by atoms with Crippen molar-refractivity contribution in [1.82, 2.24) is 15.1 Å². The molecule has 2 aromatic rings. The van der Waals surface area contributed by atoms with Gasteiger partial charge in [-0.3, -0.25) is 14.5 Å². The number of rotatable bonds is 8. The standard InChI is InChI=1S/C33H46ClN3O5/c1-22-15-28(16-23(2)31(22)34)41-21-33(18-30(40)37-11-9-27(10-12-37)35-24(3)38)20-36(13-14-42-33)19-25-17-26(32(4,5)6)7-8-29(25)39/h7-8,15-17,27,39H,9-14,18-21H2,1-6H3,(H,35,38). The van der Waals surface area contributed by atoms with Crippen LogP contribution in [0, 0.1) is 13.8 Å². The second-order valence-electron chi connectivity index (χ2n) is 13.0. The lowest BCUT2D eigenvalue weighted by Gasteiger charge is -2.43. The highest BCUT2D eigenvalue weighted by atomic mass is 35.5. The summed E-state index contributed by atoms with van der Waals surface area (Å²) >= 11 is 6.39. The number of benzene rings is 2. The summed E-state index contributed by atoms with van der Waals surface area (Å²) in [4.78, 5) is 29.3. The Morgan fingerprint density at radius 1 is 1.12 bits per heavy atom. The van der Waals surface area contributed by atoms with Crippen molar-refractivity contribution in [1.29, 1.82) is 0 Å². The number of phenolic OH excluding ortho intramolecular Hbond substituents is 1. The number of carbonyl (C=O) groups excluding carboxylic acids is 2. The van der Waals surface area contributed by atoms with Gasteiger partial charge in [0.2, 0.25) is 11.8 Å². The van der Waals surface area contributed by atoms with Gasteiger partial charge in [0, 0.05) is 56.3 Å². The van der Waals surface area contributed by atoms with Gasteiger partial charge in [-0.2, -0.15) is 0 Å². The Morgan fingerprint density at radius 3 is 2.40 bits per heavy atom. The van der Waals surface area contributed by atoms with E-state index in [2.05, 4.69) is 37.1 Å². The highest BCUT2D eigenvalue weighted by molar-refractivity contribution is 6.32. The van der Waals surface area contributed by atoms with Crippen LogP contribution < -0.4 is 10.1 Å². The number of nitrogens with zero attached hydrogens (tertiary/aromatic N) is 2. The van der Waals surface area contributed by atoms with Crippen LogP contribution in [0.3, 0.4) is 0 Å². The summed E-state index contributed by atoms with van der Waals surface area (Å²) in [7, 11) is 0. The molecule has 0 aromatic heterocycles. The third-order valence-corrected chi connectivity index (χ3v) is 8.90. The number of halogens is 1. The third kappa shape index (κ3) is 8.17. The van der Waals surface area contributed by atoms with Crippen molar-refractivity contribution in [3.05, 3.63) is 57.6 Å². The first kappa shape index (κ1) is 32.1. The first-order valence-corrected chi connectivity index (χ1v) is 15.3. The monoisotopic (exact) mass is 599 g/mol. The van der Waals surface area contributed by atoms with Crippen LogP contribution >= 0.6 is 11.6 Å². The first-order valence-electron chi connectivity index (χ1n) is 14.9. The quantitative estimate of drug-likeness (QED) is 0.437. The molecule has 9 heteroatoms. The average molecular weight is 600 g/mol. The molecule has 0 bridgehead atoms. The lowest BCUT2D eigenvalue weighted by Crippen LogP contribution is -2.57. The van der Waals surface area contributed by atoms with Crippen molar-refractivity contribution in [2.45, 2.75) is 84.4 Å². The number of hydrogen-bond donors (Lipinski definition) is 2. The van der Waals surface area contributed by atoms with Gasteiger partial charge in [0.05, 0.1) is 13.0 Å². The number of amides is 2. The summed E-state index contributed by atoms with van der Waals surface area (Å²) in [5.41, 5.74) is 2.96. The molecule has 230 valence electrons. The van der Waals surface area contributed by atoms with Gasteiger partial charge in [0.1, 0.15) is 23.7 Å². The molecule has 2 fully saturated rings. The molecular formula is C33H46ClN3O5. The highest BCUT2D eigenvalue weighted by Crippen LogP contribution is 2.32. The van der Waals surface area contributed by atoms with Crippen LogP contribution in [-0.4, -0.2) is 77.8 Å². The number of likely N-dealkylation sites (tertiary alicyclic amines) is 1. The van der Waals surface area contributed by atoms with Crippen molar-refractivity contribution in [3.8, 4) is 11.5 Å². The summed E-state index contributed by atoms with van der Waals surface area (Å²) in [5, 5.41) is 14.4. The number of aryl methyl sites for hydroxylation is 2. The molecule has 2 aromatic carbocycles. The van der Waals surface area contributed by atoms with Crippen LogP contribution in [0.4, 0.5) is 0 Å². The van der Waals surface area contributed by atoms with Gasteiger partial charge in [0.15, 0.2) is 0 Å². The van der Waals surface area contributed by atoms with Crippen LogP contribution in [0.2, 0.25) is 5.02 Å². The number of ether oxygens (including phenoxy) is 2. The van der Waals surface area contributed by atoms with Crippen molar-refractivity contribution >= 4 is 23.4 Å². The van der Waals surface area contributed by atoms with E-state index in [0.717, 1.165) is 35.1 Å². The topological polar surface area (TPSA) is 91.3 Å². The second kappa shape index (κ2) is 13.2. The summed E-state index contributed by atoms with van der Waals surface area (Å²) in [6.07, 6.45) is 1.64. The molecule has 0 aliphatic carbocycles. The SMILES string of the molecule is CC(=O)NC1CCN(C(=O)CC2(COc3cc(C)c(Cl)c(C)c3)CN(Cc3cc(C(C)(C)C)ccc3O)CCO2)CC1. The minimum atomic E-state index is -0.873. The molecule has 2 aliphatic heterocycles. The zero-order valence-electron chi connectivity index (χ0n) is 25.9. The van der Waals surface area contributed by atoms with Gasteiger partial charge in [-0.05, 0) is 67.0 Å². The predicted octanol–water partition coefficient (Wildman–Crippen LogP) is 5.13. The molecule has 2 amide bonds. The first-order chi connectivity index (χ1) is 19.7. The van der Waals surface area contributed by atoms with Gasteiger partial charge >= 0.3 is 0 Å². The fraction of sp³-hybridized carbons (Fsp3) is 0.576. The molecule has 2 N–H and O–H groups in total. The molecule has 0 saturated carbocycles. The molecule has 1 atom stereocenters. The molecule has 0 spiro atoms. The molecule has 2 saturated heterocycles. The van der Waals surface area contributed by atoms with E-state index in [1.165, 1.54) is 6.92 Å². The normalized spacial score (nSPS) is 20.4. The van der Waals surface area contributed by atoms with Crippen molar-refractivity contribution in [3.63, 3.8) is 0 Å². The van der Waals surface area contributed by atoms with Gasteiger partial charge in [-0.1, -0.05) is 44.5 Å². The Balaban J connectivity index is 1.53. The molecule has 2 heterocycles. The second-order valence-corrected chi connectivity index (χ2v) is 13.4. The fourth-order valence-electron chi connectivity index (χ4n) is 5.88. The van der Waals surface area contributed by atoms with E-state index in [0.29, 0.717) is 50.1 Å². The summed E-state index contributed by atoms with van der Waals surface area (Å²) in [6.45, 7) is 15.4. The Hall–Kier alpha value is -2.81. The van der Waals surface area contributed by atoms with Crippen molar-refractivity contribution in [2.75, 3.05) is 39.4 Å². The number of phenols is 1. The summed E-state index contributed by atoms with van der Waals surface area (Å²) in [6, 6.07) is 9.74. The van der Waals surface area contributed by atoms with Crippen molar-refractivity contribution < 1.29 is 24.2 Å². The number of piperidine rings is 1. The minimum Gasteiger partial charge on any atom is -0.508 e. The lowest BCUT2D eigenvalue weighted by molar-refractivity contribution is -0.157. The third-order valence-electron chi connectivity index (χ3n) is 8.31. The van der Waals surface area contributed by atoms with Crippen LogP contribution in [0.25, 0.3) is 0 Å². The number of hydrogen-bond acceptors (Lipinski definition) is 6. The smallest absolute Gasteiger partial charge is 0.225 e. The van der Waals surface area contributed by atoms with Crippen LogP contribution in [0.1, 0.15) is 69.2 Å². The summed E-state index contributed by atoms with van der Waals surface area (Å²) < 4.78 is 12.7. The Labute approximate surface area is 255 Å². The summed E-state index contributed by atoms with van der Waals surface area (Å²) in [5.74, 6) is 0.927. The predicted molar refractivity (Wildman–Crippen MR) is 165 cm³/mol. The van der Waals surface area contributed by atoms with E-state index < -0.39 is 5.60 Å². The molecule has 2 aliphatic rings. The zero-order chi connectivity index (χ0) is 30.7. The number of carbonyl (C=O) groups is 2. The van der Waals surface area contributed by atoms with Crippen LogP contribution in [0.5, 0.6) is 11.5 Å². The van der Waals surface area contributed by atoms with Crippen molar-refractivity contribution in [2.24, 2.45) is 0 Å². The van der Waals surface area contributed by atoms with E-state index in [1.54, 1.807) is 6.07 Å². The van der Waals surface area contributed by atoms with E-state index >= 15 is 0 Å². The molecule has 0 radical (unpaired) electrons. The number of aromatic hydroxyl groups is 1. The number of nitrogens with one attached hydrogen (secondary N) is 1. The Bertz CT molecular complexity index is 1260. The Morgan fingerprint density at radius 2 is 1.79 bits per heavy atom. The Kier molecular flexibility index (Phi) is 10.1. The van der Waals surface area contributed by atoms with Gasteiger partial charge in [-0.25, -0.2) is 0 Å². The average Bonchev–Trinajstić information content (AvgIpc) is 2.91. The van der Waals surface area contributed by atoms with E-state index in [9.17, 15) is 14.7 Å². The minimum absolute atomic E-state index is 0.0165. The maximum absolute atomic E-state index is 13.7. The highest BCUT2D eigenvalue weighted by Gasteiger charge is 2.41. The molecule has 1 unspecified atom stereocenters. The van der Waals surface area contributed by atoms with Gasteiger partial charge in [0.25, 0.3) is 0 Å². The lowest BCUT2D eigenvalue weighted by atomic mass is 9.86. The maximum Gasteiger partial charge on any atom is 0.225 e. The molecule has 4 rings (SSSR count). The molecular weight excluding hydrogens is 554 g/mol. The van der Waals surface area contributed by atoms with Crippen LogP contribution in [0.15, 0.2) is 30.3 Å². The van der Waals surface area contributed by atoms with E-state index in [1.807, 2.05) is 36.9 Å². The van der Waals surface area contributed by atoms with E-state index in [4.69, 9.17) is 21.1 Å². The van der Waals surface area contributed by atoms with Gasteiger partial charge in [-0.15, -0.1) is 0 Å². The zero-order valence-corrected chi connectivity index (χ0v) is 26.6. The molecule has 42 heavy (non-hydrogen) atoms. The van der Waals surface area contributed by atoms with Crippen LogP contribution in [-0.2, 0) is 26.3 Å². The largest absolute Gasteiger partial charge is 0.508 e. The van der Waals surface area contributed by atoms with Gasteiger partial charge < -0.3 is 24.8 Å².